The predicted molar refractivity (Wildman–Crippen MR) is 97.4 cm³/mol. The smallest absolute Gasteiger partial charge is 0.275 e. The summed E-state index contributed by atoms with van der Waals surface area (Å²) in [5, 5.41) is 7.96. The van der Waals surface area contributed by atoms with Gasteiger partial charge in [-0.3, -0.25) is 9.89 Å². The predicted octanol–water partition coefficient (Wildman–Crippen LogP) is 2.53. The quantitative estimate of drug-likeness (QED) is 0.592. The van der Waals surface area contributed by atoms with Crippen LogP contribution in [0.25, 0.3) is 22.6 Å². The number of amides is 1. The normalized spacial score (nSPS) is 15.9. The first-order valence-electron chi connectivity index (χ1n) is 8.59. The van der Waals surface area contributed by atoms with E-state index in [1.807, 2.05) is 31.2 Å². The molecule has 0 radical (unpaired) electrons. The van der Waals surface area contributed by atoms with Gasteiger partial charge in [0, 0.05) is 29.5 Å². The standard InChI is InChI=1S/C19H15N7O/c1-11-13-9-22-18(17-20-7-4-8-21-17)23-15(13)10-26(11)19(27)16-12-5-2-3-6-14(12)24-25-16/h2-9,11H,10H2,1H3,(H,24,25). The highest BCUT2D eigenvalue weighted by atomic mass is 16.2. The lowest BCUT2D eigenvalue weighted by atomic mass is 10.1. The Kier molecular flexibility index (Phi) is 3.43. The van der Waals surface area contributed by atoms with Crippen molar-refractivity contribution >= 4 is 16.8 Å². The van der Waals surface area contributed by atoms with Crippen LogP contribution in [0.5, 0.6) is 0 Å². The van der Waals surface area contributed by atoms with Crippen LogP contribution in [0.4, 0.5) is 0 Å². The number of H-pyrrole nitrogens is 1. The van der Waals surface area contributed by atoms with E-state index in [1.165, 1.54) is 0 Å². The van der Waals surface area contributed by atoms with E-state index in [1.54, 1.807) is 29.6 Å². The minimum Gasteiger partial charge on any atom is -0.324 e. The lowest BCUT2D eigenvalue weighted by Gasteiger charge is -2.20. The monoisotopic (exact) mass is 357 g/mol. The third-order valence-corrected chi connectivity index (χ3v) is 4.84. The molecule has 5 rings (SSSR count). The molecule has 1 N–H and O–H groups in total. The number of aromatic nitrogens is 6. The molecule has 132 valence electrons. The highest BCUT2D eigenvalue weighted by Gasteiger charge is 2.34. The summed E-state index contributed by atoms with van der Waals surface area (Å²) in [5.41, 5.74) is 3.01. The molecule has 4 heterocycles. The molecule has 8 nitrogen and oxygen atoms in total. The number of fused-ring (bicyclic) bond motifs is 2. The number of carbonyl (C=O) groups excluding carboxylic acids is 1. The average molecular weight is 357 g/mol. The van der Waals surface area contributed by atoms with Crippen LogP contribution in [0.1, 0.15) is 34.7 Å². The summed E-state index contributed by atoms with van der Waals surface area (Å²) in [6.45, 7) is 2.37. The SMILES string of the molecule is CC1c2cnc(-c3ncccn3)nc2CN1C(=O)c1n[nH]c2ccccc12. The van der Waals surface area contributed by atoms with Gasteiger partial charge in [0.1, 0.15) is 0 Å². The summed E-state index contributed by atoms with van der Waals surface area (Å²) in [7, 11) is 0. The van der Waals surface area contributed by atoms with Gasteiger partial charge in [0.2, 0.25) is 0 Å². The second kappa shape index (κ2) is 5.94. The van der Waals surface area contributed by atoms with E-state index >= 15 is 0 Å². The van der Waals surface area contributed by atoms with Crippen molar-refractivity contribution in [3.8, 4) is 11.6 Å². The Morgan fingerprint density at radius 2 is 1.93 bits per heavy atom. The molecule has 1 unspecified atom stereocenters. The highest BCUT2D eigenvalue weighted by molar-refractivity contribution is 6.04. The van der Waals surface area contributed by atoms with Crippen molar-refractivity contribution in [2.24, 2.45) is 0 Å². The zero-order valence-corrected chi connectivity index (χ0v) is 14.5. The molecule has 1 aromatic carbocycles. The van der Waals surface area contributed by atoms with Crippen LogP contribution < -0.4 is 0 Å². The largest absolute Gasteiger partial charge is 0.324 e. The summed E-state index contributed by atoms with van der Waals surface area (Å²) in [5.74, 6) is 0.799. The van der Waals surface area contributed by atoms with Crippen LogP contribution in [0, 0.1) is 0 Å². The molecule has 0 saturated carbocycles. The van der Waals surface area contributed by atoms with E-state index < -0.39 is 0 Å². The van der Waals surface area contributed by atoms with Gasteiger partial charge in [-0.25, -0.2) is 19.9 Å². The fourth-order valence-electron chi connectivity index (χ4n) is 3.40. The molecule has 3 aromatic heterocycles. The maximum atomic E-state index is 13.1. The third kappa shape index (κ3) is 2.45. The Balaban J connectivity index is 1.49. The molecule has 1 atom stereocenters. The van der Waals surface area contributed by atoms with E-state index in [9.17, 15) is 4.79 Å². The molecular weight excluding hydrogens is 342 g/mol. The second-order valence-electron chi connectivity index (χ2n) is 6.39. The summed E-state index contributed by atoms with van der Waals surface area (Å²) in [6.07, 6.45) is 5.06. The first-order chi connectivity index (χ1) is 13.2. The van der Waals surface area contributed by atoms with E-state index in [2.05, 4.69) is 30.1 Å². The van der Waals surface area contributed by atoms with Crippen molar-refractivity contribution in [1.82, 2.24) is 35.0 Å². The molecule has 4 aromatic rings. The van der Waals surface area contributed by atoms with Gasteiger partial charge in [-0.2, -0.15) is 5.10 Å². The number of para-hydroxylation sites is 1. The molecule has 0 bridgehead atoms. The van der Waals surface area contributed by atoms with E-state index in [0.717, 1.165) is 22.2 Å². The maximum Gasteiger partial charge on any atom is 0.275 e. The minimum absolute atomic E-state index is 0.129. The molecule has 0 aliphatic carbocycles. The van der Waals surface area contributed by atoms with Gasteiger partial charge in [-0.15, -0.1) is 0 Å². The summed E-state index contributed by atoms with van der Waals surface area (Å²) in [6, 6.07) is 9.21. The lowest BCUT2D eigenvalue weighted by molar-refractivity contribution is 0.0700. The maximum absolute atomic E-state index is 13.1. The molecule has 0 fully saturated rings. The topological polar surface area (TPSA) is 101 Å². The Bertz CT molecular complexity index is 1160. The highest BCUT2D eigenvalue weighted by Crippen LogP contribution is 2.34. The number of hydrogen-bond acceptors (Lipinski definition) is 6. The molecule has 27 heavy (non-hydrogen) atoms. The van der Waals surface area contributed by atoms with Gasteiger partial charge >= 0.3 is 0 Å². The number of nitrogens with zero attached hydrogens (tertiary/aromatic N) is 6. The minimum atomic E-state index is -0.131. The van der Waals surface area contributed by atoms with E-state index in [0.29, 0.717) is 23.9 Å². The third-order valence-electron chi connectivity index (χ3n) is 4.84. The fraction of sp³-hybridized carbons (Fsp3) is 0.158. The number of nitrogens with one attached hydrogen (secondary N) is 1. The van der Waals surface area contributed by atoms with Crippen molar-refractivity contribution in [2.45, 2.75) is 19.5 Å². The Hall–Kier alpha value is -3.68. The first-order valence-corrected chi connectivity index (χ1v) is 8.59. The summed E-state index contributed by atoms with van der Waals surface area (Å²) >= 11 is 0. The molecule has 0 spiro atoms. The average Bonchev–Trinajstić information content (AvgIpc) is 3.29. The van der Waals surface area contributed by atoms with Crippen molar-refractivity contribution in [3.05, 3.63) is 65.9 Å². The molecule has 8 heteroatoms. The second-order valence-corrected chi connectivity index (χ2v) is 6.39. The van der Waals surface area contributed by atoms with Gasteiger partial charge in [-0.1, -0.05) is 18.2 Å². The molecule has 0 saturated heterocycles. The summed E-state index contributed by atoms with van der Waals surface area (Å²) in [4.78, 5) is 32.2. The van der Waals surface area contributed by atoms with Crippen LogP contribution in [0.15, 0.2) is 48.9 Å². The molecular formula is C19H15N7O. The van der Waals surface area contributed by atoms with Gasteiger partial charge in [-0.05, 0) is 19.1 Å². The molecule has 1 amide bonds. The zero-order chi connectivity index (χ0) is 18.4. The van der Waals surface area contributed by atoms with Crippen LogP contribution in [0.3, 0.4) is 0 Å². The Labute approximate surface area is 154 Å². The Morgan fingerprint density at radius 3 is 2.78 bits per heavy atom. The first kappa shape index (κ1) is 15.6. The number of benzene rings is 1. The van der Waals surface area contributed by atoms with Crippen molar-refractivity contribution in [3.63, 3.8) is 0 Å². The number of carbonyl (C=O) groups is 1. The molecule has 1 aliphatic rings. The van der Waals surface area contributed by atoms with Crippen LogP contribution in [0.2, 0.25) is 0 Å². The fourth-order valence-corrected chi connectivity index (χ4v) is 3.40. The van der Waals surface area contributed by atoms with Crippen LogP contribution in [-0.4, -0.2) is 40.9 Å². The van der Waals surface area contributed by atoms with Gasteiger partial charge < -0.3 is 4.90 Å². The van der Waals surface area contributed by atoms with Crippen molar-refractivity contribution in [1.29, 1.82) is 0 Å². The van der Waals surface area contributed by atoms with Crippen molar-refractivity contribution < 1.29 is 4.79 Å². The summed E-state index contributed by atoms with van der Waals surface area (Å²) < 4.78 is 0. The van der Waals surface area contributed by atoms with Crippen molar-refractivity contribution in [2.75, 3.05) is 0 Å². The lowest BCUT2D eigenvalue weighted by Crippen LogP contribution is -2.28. The van der Waals surface area contributed by atoms with E-state index in [-0.39, 0.29) is 11.9 Å². The molecule has 1 aliphatic heterocycles. The number of hydrogen-bond donors (Lipinski definition) is 1. The zero-order valence-electron chi connectivity index (χ0n) is 14.5. The van der Waals surface area contributed by atoms with Crippen LogP contribution >= 0.6 is 0 Å². The number of aromatic amines is 1. The van der Waals surface area contributed by atoms with E-state index in [4.69, 9.17) is 0 Å². The number of rotatable bonds is 2. The van der Waals surface area contributed by atoms with Gasteiger partial charge in [0.05, 0.1) is 23.8 Å². The van der Waals surface area contributed by atoms with Crippen LogP contribution in [-0.2, 0) is 6.54 Å². The van der Waals surface area contributed by atoms with Gasteiger partial charge in [0.25, 0.3) is 5.91 Å². The van der Waals surface area contributed by atoms with Gasteiger partial charge in [0.15, 0.2) is 17.3 Å². The Morgan fingerprint density at radius 1 is 1.11 bits per heavy atom.